The minimum atomic E-state index is 0.529. The zero-order valence-corrected chi connectivity index (χ0v) is 5.63. The van der Waals surface area contributed by atoms with Gasteiger partial charge in [0.25, 0.3) is 0 Å². The lowest BCUT2D eigenvalue weighted by molar-refractivity contribution is 0.447. The van der Waals surface area contributed by atoms with Crippen molar-refractivity contribution in [3.8, 4) is 0 Å². The number of hydrazine groups is 1. The fraction of sp³-hybridized carbons (Fsp3) is 0.600. The lowest BCUT2D eigenvalue weighted by Gasteiger charge is -2.18. The summed E-state index contributed by atoms with van der Waals surface area (Å²) in [4.78, 5) is 8.02. The van der Waals surface area contributed by atoms with Gasteiger partial charge in [0.05, 0.1) is 0 Å². The van der Waals surface area contributed by atoms with Gasteiger partial charge in [0.1, 0.15) is 18.3 Å². The molecule has 0 aromatic rings. The molecule has 0 amide bonds. The lowest BCUT2D eigenvalue weighted by Crippen LogP contribution is -2.38. The summed E-state index contributed by atoms with van der Waals surface area (Å²) in [6, 6.07) is 0. The molecule has 4 heteroatoms. The van der Waals surface area contributed by atoms with Crippen molar-refractivity contribution in [2.45, 2.75) is 13.8 Å². The maximum absolute atomic E-state index is 5.44. The summed E-state index contributed by atoms with van der Waals surface area (Å²) in [6.07, 6.45) is 0. The van der Waals surface area contributed by atoms with Crippen molar-refractivity contribution in [3.05, 3.63) is 0 Å². The van der Waals surface area contributed by atoms with Gasteiger partial charge < -0.3 is 0 Å². The number of rotatable bonds is 0. The highest BCUT2D eigenvalue weighted by Gasteiger charge is 2.04. The second-order valence-electron chi connectivity index (χ2n) is 1.98. The minimum Gasteiger partial charge on any atom is -0.277 e. The quantitative estimate of drug-likeness (QED) is 0.463. The van der Waals surface area contributed by atoms with Gasteiger partial charge in [-0.05, 0) is 13.8 Å². The van der Waals surface area contributed by atoms with Crippen LogP contribution in [0.15, 0.2) is 9.98 Å². The highest BCUT2D eigenvalue weighted by atomic mass is 15.5. The average Bonchev–Trinajstić information content (AvgIpc) is 1.80. The van der Waals surface area contributed by atoms with E-state index in [0.717, 1.165) is 11.7 Å². The Labute approximate surface area is 54.1 Å². The summed E-state index contributed by atoms with van der Waals surface area (Å²) in [5.41, 5.74) is 0. The van der Waals surface area contributed by atoms with Gasteiger partial charge in [0, 0.05) is 0 Å². The Balaban J connectivity index is 2.74. The van der Waals surface area contributed by atoms with Crippen molar-refractivity contribution in [3.63, 3.8) is 0 Å². The van der Waals surface area contributed by atoms with Gasteiger partial charge in [-0.1, -0.05) is 0 Å². The number of nitrogens with two attached hydrogens (primary N) is 1. The summed E-state index contributed by atoms with van der Waals surface area (Å²) in [5.74, 6) is 7.06. The van der Waals surface area contributed by atoms with Gasteiger partial charge in [-0.2, -0.15) is 0 Å². The Morgan fingerprint density at radius 3 is 2.67 bits per heavy atom. The second kappa shape index (κ2) is 2.14. The monoisotopic (exact) mass is 126 g/mol. The molecule has 2 N–H and O–H groups in total. The van der Waals surface area contributed by atoms with Crippen LogP contribution in [-0.4, -0.2) is 23.3 Å². The molecule has 0 bridgehead atoms. The van der Waals surface area contributed by atoms with Gasteiger partial charge in [0.2, 0.25) is 0 Å². The molecule has 0 spiro atoms. The molecule has 4 nitrogen and oxygen atoms in total. The first-order valence-electron chi connectivity index (χ1n) is 2.79. The molecule has 9 heavy (non-hydrogen) atoms. The van der Waals surface area contributed by atoms with Crippen LogP contribution < -0.4 is 5.84 Å². The Morgan fingerprint density at radius 2 is 2.22 bits per heavy atom. The molecule has 1 aliphatic heterocycles. The Kier molecular flexibility index (Phi) is 1.48. The predicted molar refractivity (Wildman–Crippen MR) is 37.1 cm³/mol. The van der Waals surface area contributed by atoms with E-state index in [-0.39, 0.29) is 0 Å². The van der Waals surface area contributed by atoms with Crippen molar-refractivity contribution in [2.75, 3.05) is 6.67 Å². The third-order valence-electron chi connectivity index (χ3n) is 1.19. The zero-order chi connectivity index (χ0) is 6.85. The molecule has 1 aliphatic rings. The SMILES string of the molecule is CC1=NCN(N)C(C)=N1. The van der Waals surface area contributed by atoms with Gasteiger partial charge >= 0.3 is 0 Å². The molecule has 0 atom stereocenters. The first kappa shape index (κ1) is 6.22. The van der Waals surface area contributed by atoms with Crippen molar-refractivity contribution in [1.82, 2.24) is 5.01 Å². The van der Waals surface area contributed by atoms with Crippen LogP contribution in [0.25, 0.3) is 0 Å². The zero-order valence-electron chi connectivity index (χ0n) is 5.63. The summed E-state index contributed by atoms with van der Waals surface area (Å²) in [5, 5.41) is 1.51. The molecule has 0 unspecified atom stereocenters. The van der Waals surface area contributed by atoms with E-state index in [1.54, 1.807) is 0 Å². The van der Waals surface area contributed by atoms with E-state index in [1.807, 2.05) is 13.8 Å². The summed E-state index contributed by atoms with van der Waals surface area (Å²) in [6.45, 7) is 4.25. The molecular formula is C5H10N4. The van der Waals surface area contributed by atoms with E-state index in [9.17, 15) is 0 Å². The Bertz CT molecular complexity index is 170. The first-order valence-corrected chi connectivity index (χ1v) is 2.79. The molecule has 0 fully saturated rings. The van der Waals surface area contributed by atoms with Crippen molar-refractivity contribution in [2.24, 2.45) is 15.8 Å². The van der Waals surface area contributed by atoms with Gasteiger partial charge in [-0.15, -0.1) is 0 Å². The van der Waals surface area contributed by atoms with E-state index in [4.69, 9.17) is 5.84 Å². The van der Waals surface area contributed by atoms with Gasteiger partial charge in [-0.25, -0.2) is 15.8 Å². The topological polar surface area (TPSA) is 54.0 Å². The molecular weight excluding hydrogens is 116 g/mol. The molecule has 0 saturated carbocycles. The highest BCUT2D eigenvalue weighted by molar-refractivity contribution is 5.95. The van der Waals surface area contributed by atoms with Crippen LogP contribution in [-0.2, 0) is 0 Å². The number of amidine groups is 2. The molecule has 0 aliphatic carbocycles. The van der Waals surface area contributed by atoms with E-state index in [2.05, 4.69) is 9.98 Å². The van der Waals surface area contributed by atoms with E-state index in [1.165, 1.54) is 5.01 Å². The normalized spacial score (nSPS) is 19.2. The fourth-order valence-electron chi connectivity index (χ4n) is 0.615. The Hall–Kier alpha value is -0.900. The van der Waals surface area contributed by atoms with Crippen molar-refractivity contribution in [1.29, 1.82) is 0 Å². The fourth-order valence-corrected chi connectivity index (χ4v) is 0.615. The van der Waals surface area contributed by atoms with Gasteiger partial charge in [0.15, 0.2) is 0 Å². The van der Waals surface area contributed by atoms with Crippen molar-refractivity contribution < 1.29 is 0 Å². The van der Waals surface area contributed by atoms with E-state index >= 15 is 0 Å². The number of aliphatic imine (C=N–C) groups is 2. The summed E-state index contributed by atoms with van der Waals surface area (Å²) in [7, 11) is 0. The summed E-state index contributed by atoms with van der Waals surface area (Å²) >= 11 is 0. The van der Waals surface area contributed by atoms with Crippen LogP contribution in [0.2, 0.25) is 0 Å². The van der Waals surface area contributed by atoms with Crippen LogP contribution in [0.5, 0.6) is 0 Å². The molecule has 0 radical (unpaired) electrons. The third kappa shape index (κ3) is 1.26. The molecule has 0 aromatic heterocycles. The van der Waals surface area contributed by atoms with Crippen LogP contribution in [0.1, 0.15) is 13.8 Å². The van der Waals surface area contributed by atoms with Gasteiger partial charge in [-0.3, -0.25) is 5.01 Å². The predicted octanol–water partition coefficient (Wildman–Crippen LogP) is -0.0300. The van der Waals surface area contributed by atoms with E-state index < -0.39 is 0 Å². The number of hydrogen-bond acceptors (Lipinski definition) is 4. The highest BCUT2D eigenvalue weighted by Crippen LogP contribution is 1.94. The Morgan fingerprint density at radius 1 is 1.56 bits per heavy atom. The van der Waals surface area contributed by atoms with Crippen LogP contribution >= 0.6 is 0 Å². The average molecular weight is 126 g/mol. The van der Waals surface area contributed by atoms with Crippen LogP contribution in [0.3, 0.4) is 0 Å². The standard InChI is InChI=1S/C5H10N4/c1-4-7-3-9(6)5(2)8-4/h3,6H2,1-2H3. The third-order valence-corrected chi connectivity index (χ3v) is 1.19. The molecule has 1 heterocycles. The number of nitrogens with zero attached hydrogens (tertiary/aromatic N) is 3. The smallest absolute Gasteiger partial charge is 0.127 e. The molecule has 0 saturated heterocycles. The van der Waals surface area contributed by atoms with Crippen LogP contribution in [0, 0.1) is 0 Å². The maximum atomic E-state index is 5.44. The maximum Gasteiger partial charge on any atom is 0.127 e. The molecule has 0 aromatic carbocycles. The molecule has 50 valence electrons. The first-order chi connectivity index (χ1) is 4.20. The summed E-state index contributed by atoms with van der Waals surface area (Å²) < 4.78 is 0. The largest absolute Gasteiger partial charge is 0.277 e. The van der Waals surface area contributed by atoms with Crippen molar-refractivity contribution >= 4 is 11.7 Å². The lowest BCUT2D eigenvalue weighted by atomic mass is 10.5. The molecule has 1 rings (SSSR count). The number of hydrogen-bond donors (Lipinski definition) is 1. The second-order valence-corrected chi connectivity index (χ2v) is 1.98. The van der Waals surface area contributed by atoms with Crippen LogP contribution in [0.4, 0.5) is 0 Å². The van der Waals surface area contributed by atoms with E-state index in [0.29, 0.717) is 6.67 Å². The minimum absolute atomic E-state index is 0.529.